The molecule has 10 rings (SSSR count). The number of benzene rings is 7. The molecular formula is C51H33N3S. The van der Waals surface area contributed by atoms with Crippen LogP contribution in [0.4, 0.5) is 0 Å². The predicted molar refractivity (Wildman–Crippen MR) is 231 cm³/mol. The van der Waals surface area contributed by atoms with Gasteiger partial charge < -0.3 is 0 Å². The summed E-state index contributed by atoms with van der Waals surface area (Å²) < 4.78 is 2.58. The van der Waals surface area contributed by atoms with E-state index in [-0.39, 0.29) is 0 Å². The predicted octanol–water partition coefficient (Wildman–Crippen LogP) is 13.9. The molecule has 0 fully saturated rings. The molecule has 10 aromatic rings. The van der Waals surface area contributed by atoms with Gasteiger partial charge in [0.1, 0.15) is 0 Å². The summed E-state index contributed by atoms with van der Waals surface area (Å²) >= 11 is 1.85. The summed E-state index contributed by atoms with van der Waals surface area (Å²) in [6.45, 7) is 0. The van der Waals surface area contributed by atoms with Gasteiger partial charge in [-0.1, -0.05) is 152 Å². The van der Waals surface area contributed by atoms with Crippen LogP contribution in [0, 0.1) is 0 Å². The minimum absolute atomic E-state index is 0.688. The van der Waals surface area contributed by atoms with Crippen molar-refractivity contribution in [2.24, 2.45) is 0 Å². The lowest BCUT2D eigenvalue weighted by Gasteiger charge is -2.14. The van der Waals surface area contributed by atoms with Gasteiger partial charge in [-0.2, -0.15) is 0 Å². The van der Waals surface area contributed by atoms with Crippen LogP contribution in [0.3, 0.4) is 0 Å². The van der Waals surface area contributed by atoms with Crippen molar-refractivity contribution >= 4 is 31.5 Å². The van der Waals surface area contributed by atoms with Gasteiger partial charge >= 0.3 is 0 Å². The van der Waals surface area contributed by atoms with E-state index < -0.39 is 0 Å². The molecule has 0 saturated heterocycles. The summed E-state index contributed by atoms with van der Waals surface area (Å²) in [5, 5.41) is 2.57. The fourth-order valence-corrected chi connectivity index (χ4v) is 8.60. The van der Waals surface area contributed by atoms with Gasteiger partial charge in [0.25, 0.3) is 0 Å². The van der Waals surface area contributed by atoms with Gasteiger partial charge in [0.15, 0.2) is 5.82 Å². The van der Waals surface area contributed by atoms with Gasteiger partial charge in [0.2, 0.25) is 0 Å². The molecule has 7 aromatic carbocycles. The third-order valence-corrected chi connectivity index (χ3v) is 11.4. The molecule has 0 amide bonds. The molecule has 55 heavy (non-hydrogen) atoms. The second kappa shape index (κ2) is 14.1. The van der Waals surface area contributed by atoms with Crippen LogP contribution < -0.4 is 0 Å². The van der Waals surface area contributed by atoms with E-state index >= 15 is 0 Å². The number of thiophene rings is 1. The van der Waals surface area contributed by atoms with Crippen molar-refractivity contribution in [3.63, 3.8) is 0 Å². The summed E-state index contributed by atoms with van der Waals surface area (Å²) in [5.41, 5.74) is 13.8. The number of hydrogen-bond acceptors (Lipinski definition) is 4. The zero-order chi connectivity index (χ0) is 36.6. The second-order valence-corrected chi connectivity index (χ2v) is 14.7. The number of aromatic nitrogens is 3. The Morgan fingerprint density at radius 3 is 1.60 bits per heavy atom. The first-order chi connectivity index (χ1) is 27.2. The van der Waals surface area contributed by atoms with Gasteiger partial charge in [-0.05, 0) is 75.8 Å². The van der Waals surface area contributed by atoms with Crippen molar-refractivity contribution in [3.8, 4) is 78.5 Å². The Hall–Kier alpha value is -7.01. The Bertz CT molecular complexity index is 2940. The van der Waals surface area contributed by atoms with E-state index in [1.807, 2.05) is 53.9 Å². The lowest BCUT2D eigenvalue weighted by Crippen LogP contribution is -1.96. The van der Waals surface area contributed by atoms with E-state index in [1.165, 1.54) is 36.9 Å². The fourth-order valence-electron chi connectivity index (χ4n) is 7.36. The molecule has 0 saturated carbocycles. The van der Waals surface area contributed by atoms with E-state index in [9.17, 15) is 0 Å². The molecule has 0 N–H and O–H groups in total. The lowest BCUT2D eigenvalue weighted by atomic mass is 9.93. The van der Waals surface area contributed by atoms with Crippen LogP contribution in [0.15, 0.2) is 200 Å². The van der Waals surface area contributed by atoms with Crippen LogP contribution in [0.5, 0.6) is 0 Å². The molecule has 0 unspecified atom stereocenters. The quantitative estimate of drug-likeness (QED) is 0.165. The van der Waals surface area contributed by atoms with E-state index in [1.54, 1.807) is 0 Å². The first kappa shape index (κ1) is 32.6. The highest BCUT2D eigenvalue weighted by Gasteiger charge is 2.16. The Labute approximate surface area is 323 Å². The van der Waals surface area contributed by atoms with Crippen molar-refractivity contribution in [1.29, 1.82) is 0 Å². The minimum atomic E-state index is 0.688. The maximum atomic E-state index is 5.27. The third kappa shape index (κ3) is 6.39. The maximum absolute atomic E-state index is 5.27. The van der Waals surface area contributed by atoms with Crippen LogP contribution >= 0.6 is 11.3 Å². The van der Waals surface area contributed by atoms with Crippen molar-refractivity contribution in [1.82, 2.24) is 15.0 Å². The number of fused-ring (bicyclic) bond motifs is 3. The molecule has 258 valence electrons. The molecule has 0 aliphatic rings. The normalized spacial score (nSPS) is 11.3. The van der Waals surface area contributed by atoms with Crippen LogP contribution in [0.2, 0.25) is 0 Å². The van der Waals surface area contributed by atoms with Crippen molar-refractivity contribution < 1.29 is 0 Å². The molecule has 0 spiro atoms. The monoisotopic (exact) mass is 719 g/mol. The Kier molecular flexibility index (Phi) is 8.36. The highest BCUT2D eigenvalue weighted by molar-refractivity contribution is 7.26. The minimum Gasteiger partial charge on any atom is -0.256 e. The van der Waals surface area contributed by atoms with Crippen LogP contribution in [0.25, 0.3) is 98.7 Å². The van der Waals surface area contributed by atoms with E-state index in [0.717, 1.165) is 56.0 Å². The van der Waals surface area contributed by atoms with Gasteiger partial charge in [-0.25, -0.2) is 9.97 Å². The van der Waals surface area contributed by atoms with E-state index in [4.69, 9.17) is 9.97 Å². The Morgan fingerprint density at radius 1 is 0.327 bits per heavy atom. The maximum Gasteiger partial charge on any atom is 0.160 e. The molecule has 0 radical (unpaired) electrons. The molecule has 3 heterocycles. The summed E-state index contributed by atoms with van der Waals surface area (Å²) in [5.74, 6) is 0.688. The number of pyridine rings is 1. The Morgan fingerprint density at radius 2 is 0.873 bits per heavy atom. The van der Waals surface area contributed by atoms with Gasteiger partial charge in [-0.15, -0.1) is 11.3 Å². The molecule has 0 aliphatic carbocycles. The molecule has 0 aliphatic heterocycles. The highest BCUT2D eigenvalue weighted by atomic mass is 32.1. The van der Waals surface area contributed by atoms with Crippen molar-refractivity contribution in [3.05, 3.63) is 200 Å². The summed E-state index contributed by atoms with van der Waals surface area (Å²) in [4.78, 5) is 15.0. The molecule has 4 heteroatoms. The Balaban J connectivity index is 1.16. The summed E-state index contributed by atoms with van der Waals surface area (Å²) in [6.07, 6.45) is 1.83. The standard InChI is InChI=1S/C51H33N3S/c1-3-12-34(13-4-1)35-21-23-36(24-22-35)40-30-41(43-17-11-18-45-44-16-7-8-20-49(44)55-50(43)45)32-42(31-40)48-33-47(53-51(54-48)39-14-5-2-6-15-39)38-27-25-37(26-28-38)46-19-9-10-29-52-46/h1-33H. The SMILES string of the molecule is c1ccc(-c2ccc(-c3cc(-c4cc(-c5ccc(-c6ccccn6)cc5)nc(-c5ccccc5)n4)cc(-c4cccc5c4sc4ccccc45)c3)cc2)cc1. The molecule has 3 aromatic heterocycles. The number of rotatable bonds is 7. The topological polar surface area (TPSA) is 38.7 Å². The number of nitrogens with zero attached hydrogens (tertiary/aromatic N) is 3. The summed E-state index contributed by atoms with van der Waals surface area (Å²) in [7, 11) is 0. The second-order valence-electron chi connectivity index (χ2n) is 13.6. The van der Waals surface area contributed by atoms with Gasteiger partial charge in [-0.3, -0.25) is 4.98 Å². The summed E-state index contributed by atoms with van der Waals surface area (Å²) in [6, 6.07) is 68.6. The lowest BCUT2D eigenvalue weighted by molar-refractivity contribution is 1.18. The zero-order valence-electron chi connectivity index (χ0n) is 29.8. The molecule has 0 bridgehead atoms. The molecule has 3 nitrogen and oxygen atoms in total. The fraction of sp³-hybridized carbons (Fsp3) is 0. The third-order valence-electron chi connectivity index (χ3n) is 10.2. The van der Waals surface area contributed by atoms with Crippen LogP contribution in [-0.4, -0.2) is 15.0 Å². The van der Waals surface area contributed by atoms with Gasteiger partial charge in [0, 0.05) is 48.6 Å². The average molecular weight is 720 g/mol. The van der Waals surface area contributed by atoms with E-state index in [0.29, 0.717) is 5.82 Å². The van der Waals surface area contributed by atoms with Crippen molar-refractivity contribution in [2.75, 3.05) is 0 Å². The largest absolute Gasteiger partial charge is 0.256 e. The van der Waals surface area contributed by atoms with Crippen molar-refractivity contribution in [2.45, 2.75) is 0 Å². The average Bonchev–Trinajstić information content (AvgIpc) is 3.66. The first-order valence-corrected chi connectivity index (χ1v) is 19.2. The van der Waals surface area contributed by atoms with E-state index in [2.05, 4.69) is 163 Å². The van der Waals surface area contributed by atoms with Crippen LogP contribution in [-0.2, 0) is 0 Å². The smallest absolute Gasteiger partial charge is 0.160 e. The number of hydrogen-bond donors (Lipinski definition) is 0. The molecule has 0 atom stereocenters. The highest BCUT2D eigenvalue weighted by Crippen LogP contribution is 2.42. The zero-order valence-corrected chi connectivity index (χ0v) is 30.6. The first-order valence-electron chi connectivity index (χ1n) is 18.4. The molecular weight excluding hydrogens is 687 g/mol. The van der Waals surface area contributed by atoms with Crippen LogP contribution in [0.1, 0.15) is 0 Å². The van der Waals surface area contributed by atoms with Gasteiger partial charge in [0.05, 0.1) is 17.1 Å².